The Morgan fingerprint density at radius 1 is 1.22 bits per heavy atom. The molecule has 0 amide bonds. The Bertz CT molecular complexity index is 723. The molecule has 0 saturated heterocycles. The molecule has 2 rings (SSSR count). The van der Waals surface area contributed by atoms with E-state index < -0.39 is 12.0 Å². The maximum Gasteiger partial charge on any atom is 0.320 e. The van der Waals surface area contributed by atoms with E-state index in [0.717, 1.165) is 11.1 Å². The van der Waals surface area contributed by atoms with Gasteiger partial charge in [0.15, 0.2) is 0 Å². The molecule has 0 radical (unpaired) electrons. The molecule has 0 aliphatic carbocycles. The van der Waals surface area contributed by atoms with Gasteiger partial charge in [0.1, 0.15) is 11.9 Å². The molecule has 0 bridgehead atoms. The summed E-state index contributed by atoms with van der Waals surface area (Å²) in [4.78, 5) is 13.1. The highest BCUT2D eigenvalue weighted by molar-refractivity contribution is 5.72. The van der Waals surface area contributed by atoms with Gasteiger partial charge >= 0.3 is 5.97 Å². The van der Waals surface area contributed by atoms with Gasteiger partial charge < -0.3 is 5.11 Å². The lowest BCUT2D eigenvalue weighted by molar-refractivity contribution is -0.143. The first-order valence-corrected chi connectivity index (χ1v) is 7.20. The van der Waals surface area contributed by atoms with Gasteiger partial charge in [-0.25, -0.2) is 4.39 Å². The Balaban J connectivity index is 2.21. The Labute approximate surface area is 134 Å². The molecule has 0 fully saturated rings. The number of nitriles is 1. The third-order valence-electron chi connectivity index (χ3n) is 3.65. The van der Waals surface area contributed by atoms with Crippen LogP contribution in [-0.4, -0.2) is 22.0 Å². The minimum Gasteiger partial charge on any atom is -0.480 e. The van der Waals surface area contributed by atoms with E-state index in [0.29, 0.717) is 18.7 Å². The second-order valence-corrected chi connectivity index (χ2v) is 5.36. The van der Waals surface area contributed by atoms with Crippen molar-refractivity contribution in [2.75, 3.05) is 0 Å². The first-order chi connectivity index (χ1) is 11.0. The quantitative estimate of drug-likeness (QED) is 0.890. The molecule has 118 valence electrons. The molecule has 2 aromatic carbocycles. The number of halogens is 1. The summed E-state index contributed by atoms with van der Waals surface area (Å²) in [6, 6.07) is 14.4. The standard InChI is InChI=1S/C18H17FN2O2/c1-13(18(22)23)21(11-14-5-7-17(19)8-6-14)12-16-4-2-3-15(9-16)10-20/h2-9,13H,11-12H2,1H3,(H,22,23). The first kappa shape index (κ1) is 16.7. The second kappa shape index (κ2) is 7.52. The lowest BCUT2D eigenvalue weighted by Gasteiger charge is -2.26. The number of nitrogens with zero attached hydrogens (tertiary/aromatic N) is 2. The predicted molar refractivity (Wildman–Crippen MR) is 83.9 cm³/mol. The summed E-state index contributed by atoms with van der Waals surface area (Å²) in [6.07, 6.45) is 0. The van der Waals surface area contributed by atoms with Crippen LogP contribution < -0.4 is 0 Å². The smallest absolute Gasteiger partial charge is 0.320 e. The Morgan fingerprint density at radius 2 is 1.87 bits per heavy atom. The van der Waals surface area contributed by atoms with Crippen molar-refractivity contribution in [1.82, 2.24) is 4.90 Å². The fourth-order valence-electron chi connectivity index (χ4n) is 2.28. The van der Waals surface area contributed by atoms with Gasteiger partial charge in [0.2, 0.25) is 0 Å². The van der Waals surface area contributed by atoms with Crippen LogP contribution in [0, 0.1) is 17.1 Å². The van der Waals surface area contributed by atoms with Gasteiger partial charge in [-0.15, -0.1) is 0 Å². The van der Waals surface area contributed by atoms with E-state index >= 15 is 0 Å². The molecule has 0 aliphatic rings. The van der Waals surface area contributed by atoms with Crippen molar-refractivity contribution in [3.63, 3.8) is 0 Å². The van der Waals surface area contributed by atoms with Crippen molar-refractivity contribution in [1.29, 1.82) is 5.26 Å². The minimum atomic E-state index is -0.927. The molecule has 23 heavy (non-hydrogen) atoms. The molecule has 1 unspecified atom stereocenters. The Morgan fingerprint density at radius 3 is 2.48 bits per heavy atom. The van der Waals surface area contributed by atoms with Crippen LogP contribution in [0.25, 0.3) is 0 Å². The normalized spacial score (nSPS) is 11.9. The molecule has 4 nitrogen and oxygen atoms in total. The number of carboxylic acids is 1. The summed E-state index contributed by atoms with van der Waals surface area (Å²) >= 11 is 0. The summed E-state index contributed by atoms with van der Waals surface area (Å²) in [5.74, 6) is -1.25. The van der Waals surface area contributed by atoms with Crippen molar-refractivity contribution >= 4 is 5.97 Å². The molecule has 1 N–H and O–H groups in total. The van der Waals surface area contributed by atoms with E-state index in [4.69, 9.17) is 5.26 Å². The van der Waals surface area contributed by atoms with Crippen LogP contribution in [0.3, 0.4) is 0 Å². The lowest BCUT2D eigenvalue weighted by atomic mass is 10.1. The zero-order valence-corrected chi connectivity index (χ0v) is 12.7. The fraction of sp³-hybridized carbons (Fsp3) is 0.222. The average molecular weight is 312 g/mol. The van der Waals surface area contributed by atoms with Crippen molar-refractivity contribution in [2.24, 2.45) is 0 Å². The second-order valence-electron chi connectivity index (χ2n) is 5.36. The fourth-order valence-corrected chi connectivity index (χ4v) is 2.28. The number of hydrogen-bond acceptors (Lipinski definition) is 3. The maximum atomic E-state index is 13.0. The number of hydrogen-bond donors (Lipinski definition) is 1. The Kier molecular flexibility index (Phi) is 5.45. The molecular formula is C18H17FN2O2. The molecule has 1 atom stereocenters. The van der Waals surface area contributed by atoms with Crippen LogP contribution in [0.15, 0.2) is 48.5 Å². The summed E-state index contributed by atoms with van der Waals surface area (Å²) in [5.41, 5.74) is 2.22. The highest BCUT2D eigenvalue weighted by Gasteiger charge is 2.21. The van der Waals surface area contributed by atoms with Gasteiger partial charge in [0.25, 0.3) is 0 Å². The third-order valence-corrected chi connectivity index (χ3v) is 3.65. The number of benzene rings is 2. The summed E-state index contributed by atoms with van der Waals surface area (Å²) in [5, 5.41) is 18.3. The Hall–Kier alpha value is -2.71. The average Bonchev–Trinajstić information content (AvgIpc) is 2.55. The monoisotopic (exact) mass is 312 g/mol. The maximum absolute atomic E-state index is 13.0. The zero-order chi connectivity index (χ0) is 16.8. The highest BCUT2D eigenvalue weighted by Crippen LogP contribution is 2.15. The highest BCUT2D eigenvalue weighted by atomic mass is 19.1. The molecule has 0 aliphatic heterocycles. The van der Waals surface area contributed by atoms with Gasteiger partial charge in [-0.05, 0) is 42.3 Å². The summed E-state index contributed by atoms with van der Waals surface area (Å²) in [6.45, 7) is 2.38. The van der Waals surface area contributed by atoms with Gasteiger partial charge in [0.05, 0.1) is 11.6 Å². The molecule has 0 saturated carbocycles. The molecular weight excluding hydrogens is 295 g/mol. The van der Waals surface area contributed by atoms with Crippen LogP contribution in [0.2, 0.25) is 0 Å². The van der Waals surface area contributed by atoms with E-state index in [1.807, 2.05) is 6.07 Å². The zero-order valence-electron chi connectivity index (χ0n) is 12.7. The first-order valence-electron chi connectivity index (χ1n) is 7.20. The summed E-state index contributed by atoms with van der Waals surface area (Å²) in [7, 11) is 0. The van der Waals surface area contributed by atoms with Crippen LogP contribution in [-0.2, 0) is 17.9 Å². The van der Waals surface area contributed by atoms with Crippen LogP contribution in [0.4, 0.5) is 4.39 Å². The van der Waals surface area contributed by atoms with E-state index in [1.165, 1.54) is 12.1 Å². The van der Waals surface area contributed by atoms with Crippen molar-refractivity contribution < 1.29 is 14.3 Å². The summed E-state index contributed by atoms with van der Waals surface area (Å²) < 4.78 is 13.0. The molecule has 5 heteroatoms. The lowest BCUT2D eigenvalue weighted by Crippen LogP contribution is -2.38. The molecule has 0 spiro atoms. The van der Waals surface area contributed by atoms with E-state index in [9.17, 15) is 14.3 Å². The molecule has 2 aromatic rings. The number of rotatable bonds is 6. The van der Waals surface area contributed by atoms with E-state index in [1.54, 1.807) is 42.2 Å². The SMILES string of the molecule is CC(C(=O)O)N(Cc1ccc(F)cc1)Cc1cccc(C#N)c1. The van der Waals surface area contributed by atoms with Gasteiger partial charge in [0, 0.05) is 13.1 Å². The van der Waals surface area contributed by atoms with Crippen LogP contribution >= 0.6 is 0 Å². The minimum absolute atomic E-state index is 0.326. The topological polar surface area (TPSA) is 64.3 Å². The van der Waals surface area contributed by atoms with E-state index in [2.05, 4.69) is 6.07 Å². The largest absolute Gasteiger partial charge is 0.480 e. The van der Waals surface area contributed by atoms with Crippen LogP contribution in [0.1, 0.15) is 23.6 Å². The van der Waals surface area contributed by atoms with Gasteiger partial charge in [-0.2, -0.15) is 5.26 Å². The van der Waals surface area contributed by atoms with Crippen molar-refractivity contribution in [2.45, 2.75) is 26.1 Å². The molecule has 0 aromatic heterocycles. The molecule has 0 heterocycles. The van der Waals surface area contributed by atoms with Crippen molar-refractivity contribution in [3.05, 3.63) is 71.0 Å². The van der Waals surface area contributed by atoms with Gasteiger partial charge in [-0.1, -0.05) is 24.3 Å². The number of carboxylic acid groups (broad SMARTS) is 1. The van der Waals surface area contributed by atoms with E-state index in [-0.39, 0.29) is 5.82 Å². The third kappa shape index (κ3) is 4.63. The number of carbonyl (C=O) groups is 1. The number of aliphatic carboxylic acids is 1. The van der Waals surface area contributed by atoms with Crippen LogP contribution in [0.5, 0.6) is 0 Å². The predicted octanol–water partition coefficient (Wildman–Crippen LogP) is 3.17. The van der Waals surface area contributed by atoms with Gasteiger partial charge in [-0.3, -0.25) is 9.69 Å². The van der Waals surface area contributed by atoms with Crippen molar-refractivity contribution in [3.8, 4) is 6.07 Å².